The molecule has 7 heteroatoms. The Bertz CT molecular complexity index is 573. The van der Waals surface area contributed by atoms with E-state index in [1.165, 1.54) is 13.1 Å². The average molecular weight is 319 g/mol. The summed E-state index contributed by atoms with van der Waals surface area (Å²) in [5, 5.41) is 2.69. The molecule has 112 valence electrons. The summed E-state index contributed by atoms with van der Waals surface area (Å²) in [7, 11) is -2.17. The Balaban J connectivity index is 2.83. The third-order valence-electron chi connectivity index (χ3n) is 2.82. The summed E-state index contributed by atoms with van der Waals surface area (Å²) in [6.45, 7) is 1.70. The van der Waals surface area contributed by atoms with Gasteiger partial charge in [-0.3, -0.25) is 4.79 Å². The van der Waals surface area contributed by atoms with Crippen LogP contribution in [0.25, 0.3) is 0 Å². The molecule has 1 rings (SSSR count). The van der Waals surface area contributed by atoms with Crippen LogP contribution in [0.1, 0.15) is 24.8 Å². The number of amides is 1. The Morgan fingerprint density at radius 1 is 1.30 bits per heavy atom. The van der Waals surface area contributed by atoms with E-state index in [4.69, 9.17) is 11.6 Å². The van der Waals surface area contributed by atoms with Gasteiger partial charge in [0.2, 0.25) is 15.9 Å². The van der Waals surface area contributed by atoms with Crippen molar-refractivity contribution in [2.75, 3.05) is 18.2 Å². The van der Waals surface area contributed by atoms with Crippen LogP contribution < -0.4 is 10.0 Å². The Kier molecular flexibility index (Phi) is 6.45. The SMILES string of the molecule is CNS(=O)(=O)c1cc(NC(=O)CCCCCl)ccc1C. The van der Waals surface area contributed by atoms with E-state index in [1.807, 2.05) is 0 Å². The van der Waals surface area contributed by atoms with E-state index in [0.717, 1.165) is 6.42 Å². The lowest BCUT2D eigenvalue weighted by Gasteiger charge is -2.10. The number of halogens is 1. The Morgan fingerprint density at radius 3 is 2.60 bits per heavy atom. The van der Waals surface area contributed by atoms with Gasteiger partial charge in [0.25, 0.3) is 0 Å². The zero-order valence-electron chi connectivity index (χ0n) is 11.6. The Hall–Kier alpha value is -1.11. The molecule has 1 aromatic rings. The molecule has 0 spiro atoms. The number of sulfonamides is 1. The number of hydrogen-bond acceptors (Lipinski definition) is 3. The van der Waals surface area contributed by atoms with Gasteiger partial charge in [-0.2, -0.15) is 0 Å². The van der Waals surface area contributed by atoms with E-state index in [-0.39, 0.29) is 10.8 Å². The van der Waals surface area contributed by atoms with Crippen molar-refractivity contribution in [1.29, 1.82) is 0 Å². The second kappa shape index (κ2) is 7.61. The van der Waals surface area contributed by atoms with Gasteiger partial charge in [-0.25, -0.2) is 13.1 Å². The molecule has 0 aliphatic carbocycles. The molecule has 0 bridgehead atoms. The molecule has 0 radical (unpaired) electrons. The van der Waals surface area contributed by atoms with E-state index in [0.29, 0.717) is 30.0 Å². The predicted molar refractivity (Wildman–Crippen MR) is 80.6 cm³/mol. The third kappa shape index (κ3) is 4.77. The number of aryl methyl sites for hydroxylation is 1. The second-order valence-electron chi connectivity index (χ2n) is 4.38. The highest BCUT2D eigenvalue weighted by molar-refractivity contribution is 7.89. The number of carbonyl (C=O) groups is 1. The standard InChI is InChI=1S/C13H19ClN2O3S/c1-10-6-7-11(9-12(10)20(18,19)15-2)16-13(17)5-3-4-8-14/h6-7,9,15H,3-5,8H2,1-2H3,(H,16,17). The smallest absolute Gasteiger partial charge is 0.240 e. The Labute approximate surface area is 124 Å². The summed E-state index contributed by atoms with van der Waals surface area (Å²) in [6, 6.07) is 4.81. The van der Waals surface area contributed by atoms with Crippen molar-refractivity contribution in [3.63, 3.8) is 0 Å². The quantitative estimate of drug-likeness (QED) is 0.598. The predicted octanol–water partition coefficient (Wildman–Crippen LogP) is 2.25. The molecule has 0 aliphatic heterocycles. The zero-order chi connectivity index (χ0) is 15.2. The molecular formula is C13H19ClN2O3S. The second-order valence-corrected chi connectivity index (χ2v) is 6.62. The molecule has 0 fully saturated rings. The van der Waals surface area contributed by atoms with Crippen LogP contribution in [0.5, 0.6) is 0 Å². The number of carbonyl (C=O) groups excluding carboxylic acids is 1. The molecule has 0 heterocycles. The first kappa shape index (κ1) is 16.9. The number of benzene rings is 1. The number of hydrogen-bond donors (Lipinski definition) is 2. The molecule has 1 aromatic carbocycles. The van der Waals surface area contributed by atoms with Crippen LogP contribution in [-0.2, 0) is 14.8 Å². The average Bonchev–Trinajstić information content (AvgIpc) is 2.41. The monoisotopic (exact) mass is 318 g/mol. The van der Waals surface area contributed by atoms with Crippen LogP contribution in [0.2, 0.25) is 0 Å². The number of alkyl halides is 1. The van der Waals surface area contributed by atoms with Crippen molar-refractivity contribution < 1.29 is 13.2 Å². The number of nitrogens with one attached hydrogen (secondary N) is 2. The maximum absolute atomic E-state index is 11.8. The highest BCUT2D eigenvalue weighted by Gasteiger charge is 2.15. The Morgan fingerprint density at radius 2 is 2.00 bits per heavy atom. The number of anilines is 1. The topological polar surface area (TPSA) is 75.3 Å². The molecule has 0 saturated carbocycles. The van der Waals surface area contributed by atoms with E-state index >= 15 is 0 Å². The van der Waals surface area contributed by atoms with E-state index in [1.54, 1.807) is 19.1 Å². The maximum Gasteiger partial charge on any atom is 0.240 e. The lowest BCUT2D eigenvalue weighted by atomic mass is 10.2. The van der Waals surface area contributed by atoms with Crippen molar-refractivity contribution >= 4 is 33.2 Å². The molecule has 0 unspecified atom stereocenters. The van der Waals surface area contributed by atoms with Gasteiger partial charge in [-0.1, -0.05) is 6.07 Å². The first-order chi connectivity index (χ1) is 9.40. The summed E-state index contributed by atoms with van der Waals surface area (Å²) in [5.41, 5.74) is 1.10. The zero-order valence-corrected chi connectivity index (χ0v) is 13.1. The van der Waals surface area contributed by atoms with Gasteiger partial charge < -0.3 is 5.32 Å². The van der Waals surface area contributed by atoms with Gasteiger partial charge in [0.15, 0.2) is 0 Å². The molecule has 1 amide bonds. The van der Waals surface area contributed by atoms with Crippen LogP contribution in [-0.4, -0.2) is 27.3 Å². The molecule has 2 N–H and O–H groups in total. The molecule has 0 aromatic heterocycles. The molecular weight excluding hydrogens is 300 g/mol. The lowest BCUT2D eigenvalue weighted by molar-refractivity contribution is -0.116. The van der Waals surface area contributed by atoms with Crippen molar-refractivity contribution in [2.24, 2.45) is 0 Å². The van der Waals surface area contributed by atoms with Gasteiger partial charge in [0, 0.05) is 18.0 Å². The molecule has 0 atom stereocenters. The number of rotatable bonds is 7. The fourth-order valence-electron chi connectivity index (χ4n) is 1.68. The molecule has 20 heavy (non-hydrogen) atoms. The van der Waals surface area contributed by atoms with E-state index in [2.05, 4.69) is 10.0 Å². The largest absolute Gasteiger partial charge is 0.326 e. The fourth-order valence-corrected chi connectivity index (χ4v) is 2.86. The number of unbranched alkanes of at least 4 members (excludes halogenated alkanes) is 1. The minimum Gasteiger partial charge on any atom is -0.326 e. The lowest BCUT2D eigenvalue weighted by Crippen LogP contribution is -2.20. The summed E-state index contributed by atoms with van der Waals surface area (Å²) in [5.74, 6) is 0.384. The van der Waals surface area contributed by atoms with Crippen LogP contribution >= 0.6 is 11.6 Å². The van der Waals surface area contributed by atoms with Crippen LogP contribution in [0.3, 0.4) is 0 Å². The van der Waals surface area contributed by atoms with Crippen LogP contribution in [0, 0.1) is 6.92 Å². The third-order valence-corrected chi connectivity index (χ3v) is 4.64. The summed E-state index contributed by atoms with van der Waals surface area (Å²) >= 11 is 5.54. The van der Waals surface area contributed by atoms with Crippen LogP contribution in [0.15, 0.2) is 23.1 Å². The van der Waals surface area contributed by atoms with E-state index in [9.17, 15) is 13.2 Å². The summed E-state index contributed by atoms with van der Waals surface area (Å²) in [4.78, 5) is 11.8. The van der Waals surface area contributed by atoms with Gasteiger partial charge in [0.05, 0.1) is 4.90 Å². The van der Waals surface area contributed by atoms with Crippen LogP contribution in [0.4, 0.5) is 5.69 Å². The highest BCUT2D eigenvalue weighted by atomic mass is 35.5. The van der Waals surface area contributed by atoms with Crippen molar-refractivity contribution in [3.05, 3.63) is 23.8 Å². The van der Waals surface area contributed by atoms with Gasteiger partial charge in [-0.15, -0.1) is 11.6 Å². The molecule has 5 nitrogen and oxygen atoms in total. The van der Waals surface area contributed by atoms with Gasteiger partial charge in [-0.05, 0) is 44.5 Å². The molecule has 0 aliphatic rings. The first-order valence-electron chi connectivity index (χ1n) is 6.30. The molecule has 0 saturated heterocycles. The normalized spacial score (nSPS) is 11.3. The minimum absolute atomic E-state index is 0.147. The van der Waals surface area contributed by atoms with Crippen molar-refractivity contribution in [3.8, 4) is 0 Å². The van der Waals surface area contributed by atoms with Crippen molar-refractivity contribution in [1.82, 2.24) is 4.72 Å². The van der Waals surface area contributed by atoms with E-state index < -0.39 is 10.0 Å². The minimum atomic E-state index is -3.53. The highest BCUT2D eigenvalue weighted by Crippen LogP contribution is 2.20. The maximum atomic E-state index is 11.8. The van der Waals surface area contributed by atoms with Gasteiger partial charge >= 0.3 is 0 Å². The van der Waals surface area contributed by atoms with Crippen molar-refractivity contribution in [2.45, 2.75) is 31.1 Å². The summed E-state index contributed by atoms with van der Waals surface area (Å²) in [6.07, 6.45) is 1.86. The summed E-state index contributed by atoms with van der Waals surface area (Å²) < 4.78 is 25.9. The van der Waals surface area contributed by atoms with Gasteiger partial charge in [0.1, 0.15) is 0 Å². The fraction of sp³-hybridized carbons (Fsp3) is 0.462. The first-order valence-corrected chi connectivity index (χ1v) is 8.32.